The highest BCUT2D eigenvalue weighted by atomic mass is 16.5. The number of nitriles is 1. The maximum atomic E-state index is 12.3. The molecule has 2 aliphatic rings. The number of ether oxygens (including phenoxy) is 1. The van der Waals surface area contributed by atoms with Crippen molar-refractivity contribution in [3.05, 3.63) is 29.8 Å². The molecule has 0 unspecified atom stereocenters. The lowest BCUT2D eigenvalue weighted by atomic mass is 9.90. The van der Waals surface area contributed by atoms with E-state index in [4.69, 9.17) is 10.00 Å². The Morgan fingerprint density at radius 1 is 1.32 bits per heavy atom. The van der Waals surface area contributed by atoms with Crippen molar-refractivity contribution in [3.8, 4) is 11.9 Å². The van der Waals surface area contributed by atoms with E-state index in [1.807, 2.05) is 17.0 Å². The van der Waals surface area contributed by atoms with Gasteiger partial charge in [-0.1, -0.05) is 12.1 Å². The maximum absolute atomic E-state index is 12.3. The number of nitrogens with zero attached hydrogens (tertiary/aromatic N) is 3. The van der Waals surface area contributed by atoms with E-state index in [0.29, 0.717) is 18.3 Å². The second-order valence-corrected chi connectivity index (χ2v) is 6.17. The Morgan fingerprint density at radius 3 is 2.64 bits per heavy atom. The molecule has 1 aromatic carbocycles. The van der Waals surface area contributed by atoms with Crippen molar-refractivity contribution < 1.29 is 9.53 Å². The summed E-state index contributed by atoms with van der Waals surface area (Å²) in [6.07, 6.45) is 3.69. The number of hydrogen-bond donors (Lipinski definition) is 0. The van der Waals surface area contributed by atoms with Gasteiger partial charge in [-0.2, -0.15) is 5.26 Å². The lowest BCUT2D eigenvalue weighted by molar-refractivity contribution is -0.136. The number of hydrogen-bond acceptors (Lipinski definition) is 4. The Balaban J connectivity index is 1.46. The van der Waals surface area contributed by atoms with Crippen LogP contribution in [0.1, 0.15) is 24.3 Å². The summed E-state index contributed by atoms with van der Waals surface area (Å²) in [5, 5.41) is 8.85. The van der Waals surface area contributed by atoms with Gasteiger partial charge in [0.2, 0.25) is 5.91 Å². The van der Waals surface area contributed by atoms with Gasteiger partial charge in [0.1, 0.15) is 5.75 Å². The first-order valence-corrected chi connectivity index (χ1v) is 7.76. The summed E-state index contributed by atoms with van der Waals surface area (Å²) in [6.45, 7) is 3.14. The molecular weight excluding hydrogens is 278 g/mol. The van der Waals surface area contributed by atoms with Crippen molar-refractivity contribution in [2.45, 2.75) is 18.8 Å². The standard InChI is InChI=1S/C17H21N3O2/c1-22-16-4-2-14(3-5-16)15-10-20(11-15)17(21)8-13-6-7-19(9-13)12-18/h2-5,13,15H,6-11H2,1H3/t13-/m1/s1. The van der Waals surface area contributed by atoms with E-state index in [1.54, 1.807) is 12.0 Å². The molecule has 22 heavy (non-hydrogen) atoms. The molecule has 0 spiro atoms. The highest BCUT2D eigenvalue weighted by molar-refractivity contribution is 5.77. The molecule has 0 N–H and O–H groups in total. The van der Waals surface area contributed by atoms with Gasteiger partial charge in [0, 0.05) is 38.5 Å². The van der Waals surface area contributed by atoms with Gasteiger partial charge in [0.25, 0.3) is 0 Å². The molecule has 116 valence electrons. The summed E-state index contributed by atoms with van der Waals surface area (Å²) in [5.74, 6) is 1.87. The molecule has 0 saturated carbocycles. The molecule has 2 fully saturated rings. The lowest BCUT2D eigenvalue weighted by Crippen LogP contribution is -2.48. The van der Waals surface area contributed by atoms with Crippen molar-refractivity contribution in [2.75, 3.05) is 33.3 Å². The first-order valence-electron chi connectivity index (χ1n) is 7.76. The van der Waals surface area contributed by atoms with Crippen LogP contribution in [0, 0.1) is 17.4 Å². The second-order valence-electron chi connectivity index (χ2n) is 6.17. The lowest BCUT2D eigenvalue weighted by Gasteiger charge is -2.40. The maximum Gasteiger partial charge on any atom is 0.222 e. The summed E-state index contributed by atoms with van der Waals surface area (Å²) >= 11 is 0. The van der Waals surface area contributed by atoms with Gasteiger partial charge in [-0.3, -0.25) is 4.79 Å². The first kappa shape index (κ1) is 14.7. The molecule has 2 heterocycles. The van der Waals surface area contributed by atoms with E-state index in [-0.39, 0.29) is 5.91 Å². The van der Waals surface area contributed by atoms with Crippen LogP contribution in [-0.4, -0.2) is 49.0 Å². The van der Waals surface area contributed by atoms with Crippen LogP contribution in [0.3, 0.4) is 0 Å². The number of amides is 1. The molecule has 0 aliphatic carbocycles. The Hall–Kier alpha value is -2.22. The van der Waals surface area contributed by atoms with Crippen LogP contribution in [0.5, 0.6) is 5.75 Å². The summed E-state index contributed by atoms with van der Waals surface area (Å²) < 4.78 is 5.16. The van der Waals surface area contributed by atoms with Gasteiger partial charge in [-0.25, -0.2) is 0 Å². The van der Waals surface area contributed by atoms with Crippen LogP contribution in [0.4, 0.5) is 0 Å². The number of methoxy groups -OCH3 is 1. The van der Waals surface area contributed by atoms with E-state index >= 15 is 0 Å². The van der Waals surface area contributed by atoms with Gasteiger partial charge in [0.15, 0.2) is 6.19 Å². The van der Waals surface area contributed by atoms with Crippen LogP contribution < -0.4 is 4.74 Å². The number of carbonyl (C=O) groups excluding carboxylic acids is 1. The normalized spacial score (nSPS) is 21.4. The summed E-state index contributed by atoms with van der Waals surface area (Å²) in [7, 11) is 1.66. The van der Waals surface area contributed by atoms with Gasteiger partial charge < -0.3 is 14.5 Å². The predicted molar refractivity (Wildman–Crippen MR) is 82.2 cm³/mol. The molecule has 0 bridgehead atoms. The predicted octanol–water partition coefficient (Wildman–Crippen LogP) is 1.81. The largest absolute Gasteiger partial charge is 0.497 e. The third kappa shape index (κ3) is 3.01. The van der Waals surface area contributed by atoms with Crippen molar-refractivity contribution >= 4 is 5.91 Å². The average molecular weight is 299 g/mol. The Bertz CT molecular complexity index is 573. The fraction of sp³-hybridized carbons (Fsp3) is 0.529. The molecule has 1 atom stereocenters. The zero-order chi connectivity index (χ0) is 15.5. The minimum Gasteiger partial charge on any atom is -0.497 e. The highest BCUT2D eigenvalue weighted by Gasteiger charge is 2.33. The number of likely N-dealkylation sites (tertiary alicyclic amines) is 2. The summed E-state index contributed by atoms with van der Waals surface area (Å²) in [6, 6.07) is 8.09. The summed E-state index contributed by atoms with van der Waals surface area (Å²) in [4.78, 5) is 15.9. The monoisotopic (exact) mass is 299 g/mol. The fourth-order valence-electron chi connectivity index (χ4n) is 3.24. The van der Waals surface area contributed by atoms with E-state index in [1.165, 1.54) is 5.56 Å². The van der Waals surface area contributed by atoms with Crippen LogP contribution in [0.25, 0.3) is 0 Å². The molecule has 0 aromatic heterocycles. The molecule has 5 heteroatoms. The number of benzene rings is 1. The molecule has 2 saturated heterocycles. The zero-order valence-corrected chi connectivity index (χ0v) is 12.9. The first-order chi connectivity index (χ1) is 10.7. The van der Waals surface area contributed by atoms with Crippen LogP contribution in [-0.2, 0) is 4.79 Å². The van der Waals surface area contributed by atoms with Gasteiger partial charge in [-0.15, -0.1) is 0 Å². The third-order valence-electron chi connectivity index (χ3n) is 4.71. The van der Waals surface area contributed by atoms with E-state index in [2.05, 4.69) is 18.3 Å². The molecule has 5 nitrogen and oxygen atoms in total. The Labute approximate surface area is 131 Å². The van der Waals surface area contributed by atoms with Gasteiger partial charge in [0.05, 0.1) is 7.11 Å². The second kappa shape index (κ2) is 6.27. The average Bonchev–Trinajstić information content (AvgIpc) is 2.94. The minimum absolute atomic E-state index is 0.231. The van der Waals surface area contributed by atoms with Crippen molar-refractivity contribution in [1.82, 2.24) is 9.80 Å². The topological polar surface area (TPSA) is 56.6 Å². The van der Waals surface area contributed by atoms with E-state index < -0.39 is 0 Å². The zero-order valence-electron chi connectivity index (χ0n) is 12.9. The molecule has 1 aromatic rings. The number of carbonyl (C=O) groups is 1. The Morgan fingerprint density at radius 2 is 2.05 bits per heavy atom. The quantitative estimate of drug-likeness (QED) is 0.796. The molecular formula is C17H21N3O2. The van der Waals surface area contributed by atoms with Gasteiger partial charge >= 0.3 is 0 Å². The van der Waals surface area contributed by atoms with E-state index in [9.17, 15) is 4.79 Å². The van der Waals surface area contributed by atoms with E-state index in [0.717, 1.165) is 38.3 Å². The molecule has 1 amide bonds. The Kier molecular flexibility index (Phi) is 4.19. The molecule has 2 aliphatic heterocycles. The minimum atomic E-state index is 0.231. The van der Waals surface area contributed by atoms with Crippen LogP contribution >= 0.6 is 0 Å². The van der Waals surface area contributed by atoms with Crippen LogP contribution in [0.15, 0.2) is 24.3 Å². The third-order valence-corrected chi connectivity index (χ3v) is 4.71. The van der Waals surface area contributed by atoms with Crippen molar-refractivity contribution in [3.63, 3.8) is 0 Å². The SMILES string of the molecule is COc1ccc(C2CN(C(=O)C[C@H]3CCN(C#N)C3)C2)cc1. The van der Waals surface area contributed by atoms with Gasteiger partial charge in [-0.05, 0) is 30.0 Å². The highest BCUT2D eigenvalue weighted by Crippen LogP contribution is 2.30. The molecule has 3 rings (SSSR count). The number of rotatable bonds is 4. The van der Waals surface area contributed by atoms with Crippen molar-refractivity contribution in [1.29, 1.82) is 5.26 Å². The molecule has 0 radical (unpaired) electrons. The van der Waals surface area contributed by atoms with Crippen LogP contribution in [0.2, 0.25) is 0 Å². The summed E-state index contributed by atoms with van der Waals surface area (Å²) in [5.41, 5.74) is 1.27. The fourth-order valence-corrected chi connectivity index (χ4v) is 3.24. The van der Waals surface area contributed by atoms with Crippen molar-refractivity contribution in [2.24, 2.45) is 5.92 Å². The smallest absolute Gasteiger partial charge is 0.222 e.